The summed E-state index contributed by atoms with van der Waals surface area (Å²) in [6.45, 7) is 8.38. The van der Waals surface area contributed by atoms with E-state index in [-0.39, 0.29) is 16.5 Å². The summed E-state index contributed by atoms with van der Waals surface area (Å²) >= 11 is 5.67. The second kappa shape index (κ2) is 8.18. The molecule has 0 saturated carbocycles. The molecule has 114 valence electrons. The fourth-order valence-electron chi connectivity index (χ4n) is 1.41. The van der Waals surface area contributed by atoms with Gasteiger partial charge in [0.15, 0.2) is 11.0 Å². The summed E-state index contributed by atoms with van der Waals surface area (Å²) in [4.78, 5) is 4.01. The lowest BCUT2D eigenvalue weighted by atomic mass is 10.1. The van der Waals surface area contributed by atoms with Gasteiger partial charge in [0.2, 0.25) is 5.95 Å². The van der Waals surface area contributed by atoms with Crippen LogP contribution in [0.25, 0.3) is 0 Å². The summed E-state index contributed by atoms with van der Waals surface area (Å²) in [5.41, 5.74) is 5.22. The molecule has 1 heterocycles. The van der Waals surface area contributed by atoms with Gasteiger partial charge in [-0.25, -0.2) is 0 Å². The minimum atomic E-state index is -0.354. The second-order valence-electron chi connectivity index (χ2n) is 4.99. The standard InChI is InChI=1S/C12H22ClN5O2/c1-4-5-19-6-7-20-8-12(2,3)16-11-15-10(14)9(13)17-18-11/h4-8H2,1-3H3,(H3,14,15,16,18). The van der Waals surface area contributed by atoms with Crippen molar-refractivity contribution in [1.82, 2.24) is 15.2 Å². The zero-order chi connectivity index (χ0) is 15.0. The van der Waals surface area contributed by atoms with E-state index in [2.05, 4.69) is 27.4 Å². The van der Waals surface area contributed by atoms with E-state index in [0.717, 1.165) is 13.0 Å². The van der Waals surface area contributed by atoms with E-state index in [1.165, 1.54) is 0 Å². The number of nitrogens with one attached hydrogen (secondary N) is 1. The van der Waals surface area contributed by atoms with E-state index in [0.29, 0.717) is 25.8 Å². The van der Waals surface area contributed by atoms with Crippen LogP contribution >= 0.6 is 11.6 Å². The van der Waals surface area contributed by atoms with Crippen LogP contribution in [-0.4, -0.2) is 47.1 Å². The number of nitrogens with zero attached hydrogens (tertiary/aromatic N) is 3. The summed E-state index contributed by atoms with van der Waals surface area (Å²) in [7, 11) is 0. The maximum atomic E-state index is 5.67. The van der Waals surface area contributed by atoms with Gasteiger partial charge >= 0.3 is 0 Å². The van der Waals surface area contributed by atoms with Crippen LogP contribution in [0.1, 0.15) is 27.2 Å². The topological polar surface area (TPSA) is 95.2 Å². The summed E-state index contributed by atoms with van der Waals surface area (Å²) < 4.78 is 10.9. The molecule has 3 N–H and O–H groups in total. The number of rotatable bonds is 9. The number of hydrogen-bond acceptors (Lipinski definition) is 7. The molecule has 0 aromatic carbocycles. The van der Waals surface area contributed by atoms with Gasteiger partial charge in [-0.05, 0) is 20.3 Å². The van der Waals surface area contributed by atoms with Crippen molar-refractivity contribution in [2.75, 3.05) is 37.5 Å². The minimum Gasteiger partial charge on any atom is -0.381 e. The molecular weight excluding hydrogens is 282 g/mol. The van der Waals surface area contributed by atoms with Crippen molar-refractivity contribution in [2.45, 2.75) is 32.7 Å². The fraction of sp³-hybridized carbons (Fsp3) is 0.750. The van der Waals surface area contributed by atoms with Crippen molar-refractivity contribution in [3.8, 4) is 0 Å². The van der Waals surface area contributed by atoms with E-state index in [1.54, 1.807) is 0 Å². The lowest BCUT2D eigenvalue weighted by Crippen LogP contribution is -2.37. The predicted molar refractivity (Wildman–Crippen MR) is 78.9 cm³/mol. The first-order valence-corrected chi connectivity index (χ1v) is 6.92. The van der Waals surface area contributed by atoms with E-state index < -0.39 is 0 Å². The Balaban J connectivity index is 2.34. The van der Waals surface area contributed by atoms with E-state index in [1.807, 2.05) is 13.8 Å². The van der Waals surface area contributed by atoms with Crippen LogP contribution in [0.15, 0.2) is 0 Å². The highest BCUT2D eigenvalue weighted by Crippen LogP contribution is 2.15. The molecule has 0 unspecified atom stereocenters. The molecule has 0 aliphatic heterocycles. The number of nitrogens with two attached hydrogens (primary N) is 1. The van der Waals surface area contributed by atoms with Crippen LogP contribution in [0.2, 0.25) is 5.15 Å². The third-order valence-corrected chi connectivity index (χ3v) is 2.57. The van der Waals surface area contributed by atoms with E-state index in [9.17, 15) is 0 Å². The predicted octanol–water partition coefficient (Wildman–Crippen LogP) is 1.74. The summed E-state index contributed by atoms with van der Waals surface area (Å²) in [6.07, 6.45) is 1.01. The van der Waals surface area contributed by atoms with Gasteiger partial charge in [-0.3, -0.25) is 0 Å². The zero-order valence-electron chi connectivity index (χ0n) is 12.1. The molecule has 0 amide bonds. The highest BCUT2D eigenvalue weighted by molar-refractivity contribution is 6.31. The molecule has 20 heavy (non-hydrogen) atoms. The summed E-state index contributed by atoms with van der Waals surface area (Å²) in [5, 5.41) is 10.7. The number of ether oxygens (including phenoxy) is 2. The van der Waals surface area contributed by atoms with Gasteiger partial charge in [-0.1, -0.05) is 18.5 Å². The monoisotopic (exact) mass is 303 g/mol. The highest BCUT2D eigenvalue weighted by Gasteiger charge is 2.19. The smallest absolute Gasteiger partial charge is 0.245 e. The van der Waals surface area contributed by atoms with Gasteiger partial charge in [-0.2, -0.15) is 4.98 Å². The molecule has 1 aromatic rings. The molecule has 0 atom stereocenters. The highest BCUT2D eigenvalue weighted by atomic mass is 35.5. The van der Waals surface area contributed by atoms with Crippen molar-refractivity contribution in [2.24, 2.45) is 0 Å². The Bertz CT molecular complexity index is 417. The Kier molecular flexibility index (Phi) is 6.90. The quantitative estimate of drug-likeness (QED) is 0.671. The van der Waals surface area contributed by atoms with E-state index in [4.69, 9.17) is 26.8 Å². The normalized spacial score (nSPS) is 11.6. The Morgan fingerprint density at radius 1 is 1.20 bits per heavy atom. The third-order valence-electron chi connectivity index (χ3n) is 2.30. The number of halogens is 1. The van der Waals surface area contributed by atoms with Gasteiger partial charge in [0.05, 0.1) is 25.4 Å². The molecular formula is C12H22ClN5O2. The average Bonchev–Trinajstić information content (AvgIpc) is 2.38. The lowest BCUT2D eigenvalue weighted by molar-refractivity contribution is 0.0355. The largest absolute Gasteiger partial charge is 0.381 e. The first kappa shape index (κ1) is 16.9. The SMILES string of the molecule is CCCOCCOCC(C)(C)Nc1nnc(Cl)c(N)n1. The van der Waals surface area contributed by atoms with Gasteiger partial charge in [-0.15, -0.1) is 10.2 Å². The number of anilines is 2. The molecule has 1 aromatic heterocycles. The van der Waals surface area contributed by atoms with Crippen LogP contribution in [0.5, 0.6) is 0 Å². The molecule has 0 fully saturated rings. The Morgan fingerprint density at radius 2 is 1.90 bits per heavy atom. The summed E-state index contributed by atoms with van der Waals surface area (Å²) in [6, 6.07) is 0. The van der Waals surface area contributed by atoms with Crippen LogP contribution < -0.4 is 11.1 Å². The van der Waals surface area contributed by atoms with Crippen molar-refractivity contribution in [1.29, 1.82) is 0 Å². The van der Waals surface area contributed by atoms with Gasteiger partial charge in [0, 0.05) is 6.61 Å². The zero-order valence-corrected chi connectivity index (χ0v) is 12.9. The maximum absolute atomic E-state index is 5.67. The first-order valence-electron chi connectivity index (χ1n) is 6.54. The minimum absolute atomic E-state index is 0.0951. The number of nitrogen functional groups attached to an aromatic ring is 1. The Hall–Kier alpha value is -1.18. The maximum Gasteiger partial charge on any atom is 0.245 e. The lowest BCUT2D eigenvalue weighted by Gasteiger charge is -2.25. The van der Waals surface area contributed by atoms with E-state index >= 15 is 0 Å². The Morgan fingerprint density at radius 3 is 2.55 bits per heavy atom. The average molecular weight is 304 g/mol. The Labute approximate surface area is 124 Å². The first-order chi connectivity index (χ1) is 9.44. The molecule has 1 rings (SSSR count). The molecule has 0 aliphatic carbocycles. The third kappa shape index (κ3) is 6.31. The summed E-state index contributed by atoms with van der Waals surface area (Å²) in [5.74, 6) is 0.469. The van der Waals surface area contributed by atoms with Crippen LogP contribution in [0.3, 0.4) is 0 Å². The van der Waals surface area contributed by atoms with Gasteiger partial charge < -0.3 is 20.5 Å². The molecule has 0 radical (unpaired) electrons. The number of hydrogen-bond donors (Lipinski definition) is 2. The van der Waals surface area contributed by atoms with Crippen LogP contribution in [0, 0.1) is 0 Å². The van der Waals surface area contributed by atoms with Crippen molar-refractivity contribution < 1.29 is 9.47 Å². The van der Waals surface area contributed by atoms with Gasteiger partial charge in [0.25, 0.3) is 0 Å². The molecule has 0 spiro atoms. The molecule has 0 bridgehead atoms. The molecule has 0 saturated heterocycles. The van der Waals surface area contributed by atoms with Crippen molar-refractivity contribution >= 4 is 23.4 Å². The van der Waals surface area contributed by atoms with Crippen molar-refractivity contribution in [3.05, 3.63) is 5.15 Å². The molecule has 8 heteroatoms. The van der Waals surface area contributed by atoms with Gasteiger partial charge in [0.1, 0.15) is 0 Å². The number of aromatic nitrogens is 3. The molecule has 0 aliphatic rings. The van der Waals surface area contributed by atoms with Crippen LogP contribution in [0.4, 0.5) is 11.8 Å². The fourth-order valence-corrected chi connectivity index (χ4v) is 1.49. The molecule has 7 nitrogen and oxygen atoms in total. The van der Waals surface area contributed by atoms with Crippen molar-refractivity contribution in [3.63, 3.8) is 0 Å². The van der Waals surface area contributed by atoms with Crippen LogP contribution in [-0.2, 0) is 9.47 Å². The second-order valence-corrected chi connectivity index (χ2v) is 5.34.